The van der Waals surface area contributed by atoms with Crippen molar-refractivity contribution in [1.82, 2.24) is 25.0 Å². The summed E-state index contributed by atoms with van der Waals surface area (Å²) in [5.41, 5.74) is 2.77. The second kappa shape index (κ2) is 10.1. The third-order valence-corrected chi connectivity index (χ3v) is 8.23. The predicted molar refractivity (Wildman–Crippen MR) is 137 cm³/mol. The molecular formula is C24H29ClN6O3S. The van der Waals surface area contributed by atoms with Gasteiger partial charge >= 0.3 is 0 Å². The van der Waals surface area contributed by atoms with Crippen LogP contribution in [0.3, 0.4) is 0 Å². The molecule has 11 heteroatoms. The minimum atomic E-state index is -3.44. The molecule has 186 valence electrons. The van der Waals surface area contributed by atoms with Crippen LogP contribution in [0.15, 0.2) is 36.7 Å². The molecule has 4 N–H and O–H groups in total. The number of H-pyrrole nitrogens is 1. The molecule has 0 spiro atoms. The SMILES string of the molecule is O=C(NCCS(=O)(=O)NC1CCC(Nc2cc(-c3c[nH]c4ncccc34)cc(Cl)n2)CC1)C1CC1. The lowest BCUT2D eigenvalue weighted by molar-refractivity contribution is -0.122. The van der Waals surface area contributed by atoms with Crippen LogP contribution < -0.4 is 15.4 Å². The highest BCUT2D eigenvalue weighted by Crippen LogP contribution is 2.32. The van der Waals surface area contributed by atoms with Crippen LogP contribution in [0.4, 0.5) is 5.82 Å². The highest BCUT2D eigenvalue weighted by Gasteiger charge is 2.30. The van der Waals surface area contributed by atoms with E-state index in [1.165, 1.54) is 0 Å². The fraction of sp³-hybridized carbons (Fsp3) is 0.458. The molecule has 0 atom stereocenters. The zero-order valence-corrected chi connectivity index (χ0v) is 20.8. The number of nitrogens with zero attached hydrogens (tertiary/aromatic N) is 2. The Labute approximate surface area is 209 Å². The number of fused-ring (bicyclic) bond motifs is 1. The molecule has 0 unspecified atom stereocenters. The number of hydrogen-bond acceptors (Lipinski definition) is 6. The molecular weight excluding hydrogens is 488 g/mol. The number of amides is 1. The Morgan fingerprint density at radius 3 is 2.66 bits per heavy atom. The monoisotopic (exact) mass is 516 g/mol. The number of halogens is 1. The molecule has 3 heterocycles. The first-order valence-electron chi connectivity index (χ1n) is 12.0. The predicted octanol–water partition coefficient (Wildman–Crippen LogP) is 3.45. The Morgan fingerprint density at radius 1 is 1.11 bits per heavy atom. The minimum absolute atomic E-state index is 0.0362. The molecule has 3 aromatic rings. The van der Waals surface area contributed by atoms with Crippen LogP contribution in [0.25, 0.3) is 22.2 Å². The van der Waals surface area contributed by atoms with Crippen LogP contribution in [0.5, 0.6) is 0 Å². The van der Waals surface area contributed by atoms with Gasteiger partial charge in [0, 0.05) is 47.9 Å². The van der Waals surface area contributed by atoms with Crippen molar-refractivity contribution < 1.29 is 13.2 Å². The topological polar surface area (TPSA) is 129 Å². The number of nitrogens with one attached hydrogen (secondary N) is 4. The second-order valence-electron chi connectivity index (χ2n) is 9.36. The van der Waals surface area contributed by atoms with Crippen molar-refractivity contribution in [3.63, 3.8) is 0 Å². The van der Waals surface area contributed by atoms with Crippen LogP contribution in [0.2, 0.25) is 5.15 Å². The lowest BCUT2D eigenvalue weighted by Gasteiger charge is -2.30. The fourth-order valence-corrected chi connectivity index (χ4v) is 6.04. The molecule has 0 bridgehead atoms. The zero-order chi connectivity index (χ0) is 24.4. The van der Waals surface area contributed by atoms with Crippen molar-refractivity contribution >= 4 is 44.4 Å². The van der Waals surface area contributed by atoms with Crippen molar-refractivity contribution in [2.75, 3.05) is 17.6 Å². The number of hydrogen-bond donors (Lipinski definition) is 4. The molecule has 35 heavy (non-hydrogen) atoms. The van der Waals surface area contributed by atoms with Gasteiger partial charge in [-0.1, -0.05) is 11.6 Å². The molecule has 0 saturated heterocycles. The fourth-order valence-electron chi connectivity index (χ4n) is 4.60. The van der Waals surface area contributed by atoms with Gasteiger partial charge in [-0.15, -0.1) is 0 Å². The summed E-state index contributed by atoms with van der Waals surface area (Å²) in [5, 5.41) is 7.60. The highest BCUT2D eigenvalue weighted by atomic mass is 35.5. The van der Waals surface area contributed by atoms with Crippen molar-refractivity contribution in [3.05, 3.63) is 41.8 Å². The lowest BCUT2D eigenvalue weighted by Crippen LogP contribution is -2.43. The summed E-state index contributed by atoms with van der Waals surface area (Å²) in [6, 6.07) is 7.81. The number of sulfonamides is 1. The van der Waals surface area contributed by atoms with Gasteiger partial charge in [0.15, 0.2) is 0 Å². The molecule has 2 fully saturated rings. The van der Waals surface area contributed by atoms with E-state index in [0.717, 1.165) is 60.7 Å². The van der Waals surface area contributed by atoms with Crippen molar-refractivity contribution in [2.45, 2.75) is 50.6 Å². The third-order valence-electron chi connectivity index (χ3n) is 6.60. The maximum absolute atomic E-state index is 12.4. The van der Waals surface area contributed by atoms with Crippen LogP contribution in [-0.2, 0) is 14.8 Å². The van der Waals surface area contributed by atoms with Crippen molar-refractivity contribution in [1.29, 1.82) is 0 Å². The molecule has 2 aliphatic rings. The van der Waals surface area contributed by atoms with E-state index in [-0.39, 0.29) is 36.2 Å². The Bertz CT molecular complexity index is 1320. The maximum Gasteiger partial charge on any atom is 0.223 e. The molecule has 0 radical (unpaired) electrons. The van der Waals surface area contributed by atoms with Crippen molar-refractivity contribution in [3.8, 4) is 11.1 Å². The van der Waals surface area contributed by atoms with Gasteiger partial charge in [0.2, 0.25) is 15.9 Å². The average Bonchev–Trinajstić information content (AvgIpc) is 3.59. The second-order valence-corrected chi connectivity index (χ2v) is 11.6. The molecule has 2 saturated carbocycles. The van der Waals surface area contributed by atoms with Crippen LogP contribution in [-0.4, -0.2) is 53.7 Å². The number of pyridine rings is 2. The Morgan fingerprint density at radius 2 is 1.89 bits per heavy atom. The Hall–Kier alpha value is -2.69. The summed E-state index contributed by atoms with van der Waals surface area (Å²) < 4.78 is 27.6. The smallest absolute Gasteiger partial charge is 0.223 e. The number of rotatable bonds is 9. The van der Waals surface area contributed by atoms with Gasteiger partial charge < -0.3 is 15.6 Å². The highest BCUT2D eigenvalue weighted by molar-refractivity contribution is 7.89. The molecule has 3 aromatic heterocycles. The minimum Gasteiger partial charge on any atom is -0.367 e. The molecule has 2 aliphatic carbocycles. The first-order chi connectivity index (χ1) is 16.9. The van der Waals surface area contributed by atoms with E-state index in [1.54, 1.807) is 6.20 Å². The normalized spacial score (nSPS) is 20.6. The average molecular weight is 517 g/mol. The summed E-state index contributed by atoms with van der Waals surface area (Å²) >= 11 is 6.33. The number of aromatic nitrogens is 3. The zero-order valence-electron chi connectivity index (χ0n) is 19.3. The van der Waals surface area contributed by atoms with Gasteiger partial charge in [0.25, 0.3) is 0 Å². The van der Waals surface area contributed by atoms with Crippen LogP contribution in [0, 0.1) is 5.92 Å². The maximum atomic E-state index is 12.4. The molecule has 0 aromatic carbocycles. The standard InChI is InChI=1S/C24H29ClN6O3S/c25-21-12-16(20-14-28-23-19(20)2-1-9-26-23)13-22(30-21)29-17-5-7-18(8-6-17)31-35(33,34)11-10-27-24(32)15-3-4-15/h1-2,9,12-15,17-18,31H,3-8,10-11H2,(H,26,28)(H,27,32)(H,29,30). The lowest BCUT2D eigenvalue weighted by atomic mass is 9.92. The van der Waals surface area contributed by atoms with Gasteiger partial charge in [0.1, 0.15) is 16.6 Å². The van der Waals surface area contributed by atoms with Gasteiger partial charge in [-0.25, -0.2) is 23.1 Å². The first-order valence-corrected chi connectivity index (χ1v) is 14.0. The van der Waals surface area contributed by atoms with E-state index in [4.69, 9.17) is 11.6 Å². The van der Waals surface area contributed by atoms with E-state index in [1.807, 2.05) is 30.5 Å². The Kier molecular flexibility index (Phi) is 6.95. The van der Waals surface area contributed by atoms with E-state index < -0.39 is 10.0 Å². The van der Waals surface area contributed by atoms with Crippen LogP contribution in [0.1, 0.15) is 38.5 Å². The molecule has 9 nitrogen and oxygen atoms in total. The third kappa shape index (κ3) is 6.12. The number of carbonyl (C=O) groups is 1. The molecule has 5 rings (SSSR count). The largest absolute Gasteiger partial charge is 0.367 e. The number of anilines is 1. The number of carbonyl (C=O) groups excluding carboxylic acids is 1. The van der Waals surface area contributed by atoms with E-state index in [9.17, 15) is 13.2 Å². The quantitative estimate of drug-likeness (QED) is 0.322. The summed E-state index contributed by atoms with van der Waals surface area (Å²) in [6.07, 6.45) is 8.56. The number of aromatic amines is 1. The van der Waals surface area contributed by atoms with E-state index in [2.05, 4.69) is 30.3 Å². The van der Waals surface area contributed by atoms with Gasteiger partial charge in [-0.2, -0.15) is 0 Å². The Balaban J connectivity index is 1.14. The van der Waals surface area contributed by atoms with Gasteiger partial charge in [-0.3, -0.25) is 4.79 Å². The van der Waals surface area contributed by atoms with E-state index in [0.29, 0.717) is 11.0 Å². The summed E-state index contributed by atoms with van der Waals surface area (Å²) in [7, 11) is -3.44. The van der Waals surface area contributed by atoms with Gasteiger partial charge in [-0.05, 0) is 68.4 Å². The summed E-state index contributed by atoms with van der Waals surface area (Å²) in [5.74, 6) is 0.646. The summed E-state index contributed by atoms with van der Waals surface area (Å²) in [6.45, 7) is 0.150. The summed E-state index contributed by atoms with van der Waals surface area (Å²) in [4.78, 5) is 23.7. The van der Waals surface area contributed by atoms with E-state index >= 15 is 0 Å². The van der Waals surface area contributed by atoms with Crippen LogP contribution >= 0.6 is 11.6 Å². The first kappa shape index (κ1) is 24.0. The molecule has 1 amide bonds. The molecule has 0 aliphatic heterocycles. The van der Waals surface area contributed by atoms with Gasteiger partial charge in [0.05, 0.1) is 5.75 Å². The van der Waals surface area contributed by atoms with Crippen molar-refractivity contribution in [2.24, 2.45) is 5.92 Å².